The first-order chi connectivity index (χ1) is 11.7. The Kier molecular flexibility index (Phi) is 3.80. The Morgan fingerprint density at radius 1 is 1.25 bits per heavy atom. The van der Waals surface area contributed by atoms with Crippen molar-refractivity contribution in [1.29, 1.82) is 0 Å². The molecule has 1 atom stereocenters. The molecule has 0 spiro atoms. The highest BCUT2D eigenvalue weighted by molar-refractivity contribution is 5.89. The molecule has 4 rings (SSSR count). The van der Waals surface area contributed by atoms with Crippen LogP contribution in [0.25, 0.3) is 0 Å². The minimum atomic E-state index is -0.275. The lowest BCUT2D eigenvalue weighted by atomic mass is 10.1. The van der Waals surface area contributed by atoms with Crippen LogP contribution in [-0.4, -0.2) is 29.2 Å². The monoisotopic (exact) mass is 324 g/mol. The number of benzene rings is 1. The van der Waals surface area contributed by atoms with E-state index in [2.05, 4.69) is 22.2 Å². The van der Waals surface area contributed by atoms with E-state index in [9.17, 15) is 4.79 Å². The second-order valence-electron chi connectivity index (χ2n) is 6.30. The summed E-state index contributed by atoms with van der Waals surface area (Å²) in [6.07, 6.45) is 3.93. The third-order valence-corrected chi connectivity index (χ3v) is 4.45. The van der Waals surface area contributed by atoms with Crippen LogP contribution in [0, 0.1) is 0 Å². The maximum absolute atomic E-state index is 11.6. The summed E-state index contributed by atoms with van der Waals surface area (Å²) >= 11 is 0. The standard InChI is InChI=1S/C18H20N4O2/c1-12(20-16-8-9-19-17(21-16)14-2-3-14)13-4-6-15(7-5-13)22-10-11-24-18(22)23/h4-9,12,14H,2-3,10-11H2,1H3,(H,19,20,21)/t12-/m1/s1. The Balaban J connectivity index is 1.45. The highest BCUT2D eigenvalue weighted by Crippen LogP contribution is 2.38. The largest absolute Gasteiger partial charge is 0.447 e. The molecule has 24 heavy (non-hydrogen) atoms. The number of hydrogen-bond donors (Lipinski definition) is 1. The molecule has 1 aromatic heterocycles. The van der Waals surface area contributed by atoms with E-state index in [0.717, 1.165) is 22.9 Å². The van der Waals surface area contributed by atoms with Crippen LogP contribution < -0.4 is 10.2 Å². The van der Waals surface area contributed by atoms with E-state index >= 15 is 0 Å². The van der Waals surface area contributed by atoms with Gasteiger partial charge in [-0.05, 0) is 43.5 Å². The number of anilines is 2. The number of carbonyl (C=O) groups is 1. The topological polar surface area (TPSA) is 67.3 Å². The minimum Gasteiger partial charge on any atom is -0.447 e. The van der Waals surface area contributed by atoms with E-state index in [1.165, 1.54) is 12.8 Å². The summed E-state index contributed by atoms with van der Waals surface area (Å²) in [7, 11) is 0. The van der Waals surface area contributed by atoms with E-state index in [-0.39, 0.29) is 12.1 Å². The number of nitrogens with one attached hydrogen (secondary N) is 1. The summed E-state index contributed by atoms with van der Waals surface area (Å²) in [5.74, 6) is 2.34. The van der Waals surface area contributed by atoms with Gasteiger partial charge in [-0.1, -0.05) is 12.1 Å². The average Bonchev–Trinajstić information content (AvgIpc) is 3.37. The van der Waals surface area contributed by atoms with Gasteiger partial charge < -0.3 is 10.1 Å². The van der Waals surface area contributed by atoms with Crippen molar-refractivity contribution in [2.75, 3.05) is 23.4 Å². The molecule has 2 aliphatic rings. The van der Waals surface area contributed by atoms with Crippen LogP contribution in [0.3, 0.4) is 0 Å². The van der Waals surface area contributed by atoms with Crippen molar-refractivity contribution in [3.8, 4) is 0 Å². The van der Waals surface area contributed by atoms with Crippen LogP contribution in [0.15, 0.2) is 36.5 Å². The number of cyclic esters (lactones) is 1. The number of nitrogens with zero attached hydrogens (tertiary/aromatic N) is 3. The number of rotatable bonds is 5. The van der Waals surface area contributed by atoms with Gasteiger partial charge in [-0.2, -0.15) is 0 Å². The first-order valence-corrected chi connectivity index (χ1v) is 8.34. The van der Waals surface area contributed by atoms with Crippen molar-refractivity contribution < 1.29 is 9.53 Å². The van der Waals surface area contributed by atoms with Crippen molar-refractivity contribution in [2.24, 2.45) is 0 Å². The van der Waals surface area contributed by atoms with Crippen LogP contribution in [0.5, 0.6) is 0 Å². The van der Waals surface area contributed by atoms with E-state index in [1.807, 2.05) is 36.5 Å². The number of ether oxygens (including phenoxy) is 1. The van der Waals surface area contributed by atoms with Crippen LogP contribution in [0.2, 0.25) is 0 Å². The Hall–Kier alpha value is -2.63. The van der Waals surface area contributed by atoms with Crippen LogP contribution in [0.1, 0.15) is 43.1 Å². The summed E-state index contributed by atoms with van der Waals surface area (Å²) in [5, 5.41) is 3.42. The molecule has 6 heteroatoms. The number of hydrogen-bond acceptors (Lipinski definition) is 5. The predicted molar refractivity (Wildman–Crippen MR) is 91.2 cm³/mol. The van der Waals surface area contributed by atoms with Crippen molar-refractivity contribution >= 4 is 17.6 Å². The van der Waals surface area contributed by atoms with Gasteiger partial charge in [0.15, 0.2) is 0 Å². The lowest BCUT2D eigenvalue weighted by molar-refractivity contribution is 0.181. The Morgan fingerprint density at radius 3 is 2.71 bits per heavy atom. The lowest BCUT2D eigenvalue weighted by Gasteiger charge is -2.17. The lowest BCUT2D eigenvalue weighted by Crippen LogP contribution is -2.23. The molecule has 0 unspecified atom stereocenters. The molecule has 1 saturated carbocycles. The van der Waals surface area contributed by atoms with Gasteiger partial charge in [0.05, 0.1) is 6.54 Å². The molecule has 1 amide bonds. The summed E-state index contributed by atoms with van der Waals surface area (Å²) in [5.41, 5.74) is 2.00. The van der Waals surface area contributed by atoms with Gasteiger partial charge in [0.25, 0.3) is 0 Å². The third kappa shape index (κ3) is 3.04. The fourth-order valence-corrected chi connectivity index (χ4v) is 2.87. The number of amides is 1. The molecule has 0 radical (unpaired) electrons. The van der Waals surface area contributed by atoms with Gasteiger partial charge in [-0.15, -0.1) is 0 Å². The molecule has 1 saturated heterocycles. The maximum atomic E-state index is 11.6. The minimum absolute atomic E-state index is 0.117. The van der Waals surface area contributed by atoms with E-state index in [1.54, 1.807) is 4.90 Å². The average molecular weight is 324 g/mol. The first-order valence-electron chi connectivity index (χ1n) is 8.34. The molecule has 1 aliphatic heterocycles. The zero-order valence-electron chi connectivity index (χ0n) is 13.6. The van der Waals surface area contributed by atoms with Crippen molar-refractivity contribution in [3.05, 3.63) is 47.9 Å². The van der Waals surface area contributed by atoms with Gasteiger partial charge in [0.2, 0.25) is 0 Å². The molecular weight excluding hydrogens is 304 g/mol. The predicted octanol–water partition coefficient (Wildman–Crippen LogP) is 3.48. The molecular formula is C18H20N4O2. The Morgan fingerprint density at radius 2 is 2.04 bits per heavy atom. The Labute approximate surface area is 140 Å². The normalized spacial score (nSPS) is 18.4. The van der Waals surface area contributed by atoms with Crippen LogP contribution in [-0.2, 0) is 4.74 Å². The summed E-state index contributed by atoms with van der Waals surface area (Å²) in [6, 6.07) is 9.98. The summed E-state index contributed by atoms with van der Waals surface area (Å²) in [6.45, 7) is 3.16. The zero-order chi connectivity index (χ0) is 16.5. The van der Waals surface area contributed by atoms with Gasteiger partial charge in [-0.25, -0.2) is 14.8 Å². The SMILES string of the molecule is C[C@@H](Nc1ccnc(C2CC2)n1)c1ccc(N2CCOC2=O)cc1. The molecule has 2 fully saturated rings. The van der Waals surface area contributed by atoms with Crippen molar-refractivity contribution in [3.63, 3.8) is 0 Å². The van der Waals surface area contributed by atoms with Crippen LogP contribution in [0.4, 0.5) is 16.3 Å². The molecule has 124 valence electrons. The molecule has 2 heterocycles. The van der Waals surface area contributed by atoms with E-state index < -0.39 is 0 Å². The second kappa shape index (κ2) is 6.11. The Bertz CT molecular complexity index is 743. The molecule has 1 aromatic carbocycles. The number of carbonyl (C=O) groups excluding carboxylic acids is 1. The highest BCUT2D eigenvalue weighted by atomic mass is 16.6. The smallest absolute Gasteiger partial charge is 0.414 e. The van der Waals surface area contributed by atoms with Crippen molar-refractivity contribution in [2.45, 2.75) is 31.7 Å². The van der Waals surface area contributed by atoms with Gasteiger partial charge in [0.1, 0.15) is 18.2 Å². The highest BCUT2D eigenvalue weighted by Gasteiger charge is 2.26. The quantitative estimate of drug-likeness (QED) is 0.912. The zero-order valence-corrected chi connectivity index (χ0v) is 13.6. The van der Waals surface area contributed by atoms with Gasteiger partial charge in [-0.3, -0.25) is 4.90 Å². The molecule has 0 bridgehead atoms. The van der Waals surface area contributed by atoms with Crippen molar-refractivity contribution in [1.82, 2.24) is 9.97 Å². The van der Waals surface area contributed by atoms with E-state index in [4.69, 9.17) is 4.74 Å². The molecule has 1 aliphatic carbocycles. The fourth-order valence-electron chi connectivity index (χ4n) is 2.87. The number of aromatic nitrogens is 2. The fraction of sp³-hybridized carbons (Fsp3) is 0.389. The molecule has 6 nitrogen and oxygen atoms in total. The maximum Gasteiger partial charge on any atom is 0.414 e. The molecule has 2 aromatic rings. The third-order valence-electron chi connectivity index (χ3n) is 4.45. The summed E-state index contributed by atoms with van der Waals surface area (Å²) < 4.78 is 4.97. The van der Waals surface area contributed by atoms with E-state index in [0.29, 0.717) is 19.1 Å². The second-order valence-corrected chi connectivity index (χ2v) is 6.30. The first kappa shape index (κ1) is 14.9. The summed E-state index contributed by atoms with van der Waals surface area (Å²) in [4.78, 5) is 22.2. The van der Waals surface area contributed by atoms with Crippen LogP contribution >= 0.6 is 0 Å². The molecule has 1 N–H and O–H groups in total. The van der Waals surface area contributed by atoms with Gasteiger partial charge >= 0.3 is 6.09 Å². The van der Waals surface area contributed by atoms with Gasteiger partial charge in [0, 0.05) is 23.8 Å².